The van der Waals surface area contributed by atoms with Crippen LogP contribution in [-0.2, 0) is 4.79 Å². The van der Waals surface area contributed by atoms with Gasteiger partial charge in [-0.25, -0.2) is 4.99 Å². The number of hydrogen-bond donors (Lipinski definition) is 2. The van der Waals surface area contributed by atoms with Gasteiger partial charge in [0.1, 0.15) is 5.75 Å². The quantitative estimate of drug-likeness (QED) is 0.825. The molecular formula is C19H16N2O2S. The summed E-state index contributed by atoms with van der Waals surface area (Å²) in [5.41, 5.74) is 2.76. The number of phenols is 1. The molecular weight excluding hydrogens is 320 g/mol. The van der Waals surface area contributed by atoms with Crippen LogP contribution in [0.2, 0.25) is 0 Å². The summed E-state index contributed by atoms with van der Waals surface area (Å²) in [6.07, 6.45) is 3.88. The van der Waals surface area contributed by atoms with Crippen molar-refractivity contribution >= 4 is 34.6 Å². The van der Waals surface area contributed by atoms with Crippen molar-refractivity contribution in [3.05, 3.63) is 76.7 Å². The molecule has 1 amide bonds. The van der Waals surface area contributed by atoms with Crippen molar-refractivity contribution in [3.63, 3.8) is 0 Å². The number of amidine groups is 1. The molecule has 0 atom stereocenters. The number of thioether (sulfide) groups is 1. The van der Waals surface area contributed by atoms with Gasteiger partial charge in [0.15, 0.2) is 5.17 Å². The van der Waals surface area contributed by atoms with Gasteiger partial charge in [0.2, 0.25) is 0 Å². The fraction of sp³-hybridized carbons (Fsp3) is 0.0526. The van der Waals surface area contributed by atoms with Crippen molar-refractivity contribution in [1.29, 1.82) is 0 Å². The Labute approximate surface area is 144 Å². The number of allylic oxidation sites excluding steroid dienone is 2. The third kappa shape index (κ3) is 4.14. The smallest absolute Gasteiger partial charge is 0.264 e. The molecule has 0 aromatic heterocycles. The summed E-state index contributed by atoms with van der Waals surface area (Å²) in [5.74, 6) is 0.0302. The van der Waals surface area contributed by atoms with E-state index in [9.17, 15) is 9.90 Å². The van der Waals surface area contributed by atoms with E-state index in [0.29, 0.717) is 15.8 Å². The number of nitrogens with zero attached hydrogens (tertiary/aromatic N) is 1. The van der Waals surface area contributed by atoms with Crippen molar-refractivity contribution in [3.8, 4) is 5.75 Å². The van der Waals surface area contributed by atoms with Crippen LogP contribution < -0.4 is 5.32 Å². The Hall–Kier alpha value is -2.79. The average Bonchev–Trinajstić information content (AvgIpc) is 2.90. The molecule has 120 valence electrons. The maximum Gasteiger partial charge on any atom is 0.264 e. The first-order valence-electron chi connectivity index (χ1n) is 7.42. The molecule has 0 spiro atoms. The Morgan fingerprint density at radius 2 is 1.83 bits per heavy atom. The van der Waals surface area contributed by atoms with Crippen molar-refractivity contribution in [2.75, 3.05) is 0 Å². The number of benzene rings is 2. The molecule has 1 saturated heterocycles. The van der Waals surface area contributed by atoms with Gasteiger partial charge >= 0.3 is 0 Å². The molecule has 0 radical (unpaired) electrons. The van der Waals surface area contributed by atoms with Gasteiger partial charge in [-0.3, -0.25) is 4.79 Å². The minimum atomic E-state index is -0.154. The van der Waals surface area contributed by atoms with Gasteiger partial charge in [0.05, 0.1) is 10.6 Å². The summed E-state index contributed by atoms with van der Waals surface area (Å²) in [5, 5.41) is 12.6. The summed E-state index contributed by atoms with van der Waals surface area (Å²) in [6.45, 7) is 1.96. The molecule has 1 aliphatic heterocycles. The zero-order valence-electron chi connectivity index (χ0n) is 13.1. The third-order valence-corrected chi connectivity index (χ3v) is 4.19. The minimum Gasteiger partial charge on any atom is -0.508 e. The van der Waals surface area contributed by atoms with E-state index in [0.717, 1.165) is 11.1 Å². The van der Waals surface area contributed by atoms with Gasteiger partial charge in [-0.05, 0) is 60.2 Å². The molecule has 4 nitrogen and oxygen atoms in total. The van der Waals surface area contributed by atoms with Crippen molar-refractivity contribution < 1.29 is 9.90 Å². The number of amides is 1. The largest absolute Gasteiger partial charge is 0.508 e. The first kappa shape index (κ1) is 16.1. The van der Waals surface area contributed by atoms with Crippen molar-refractivity contribution in [2.24, 2.45) is 4.99 Å². The second-order valence-corrected chi connectivity index (χ2v) is 6.33. The Kier molecular flexibility index (Phi) is 4.82. The van der Waals surface area contributed by atoms with Crippen LogP contribution >= 0.6 is 11.8 Å². The fourth-order valence-corrected chi connectivity index (χ4v) is 3.08. The molecule has 3 rings (SSSR count). The molecule has 5 heteroatoms. The molecule has 2 N–H and O–H groups in total. The lowest BCUT2D eigenvalue weighted by Gasteiger charge is -1.97. The number of carbonyl (C=O) groups is 1. The number of phenolic OH excluding ortho intramolecular Hbond substituents is 1. The standard InChI is InChI=1S/C19H16N2O2S/c1-13(11-14-5-3-2-4-6-14)12-17-18(23)21-19(24-17)20-15-7-9-16(22)10-8-15/h2-12,22H,1H3,(H,20,21,23)/b13-11+,17-12-. The van der Waals surface area contributed by atoms with E-state index >= 15 is 0 Å². The minimum absolute atomic E-state index is 0.154. The van der Waals surface area contributed by atoms with E-state index in [-0.39, 0.29) is 11.7 Å². The monoisotopic (exact) mass is 336 g/mol. The van der Waals surface area contributed by atoms with Gasteiger partial charge in [-0.15, -0.1) is 0 Å². The molecule has 2 aromatic carbocycles. The lowest BCUT2D eigenvalue weighted by Crippen LogP contribution is -2.19. The first-order valence-corrected chi connectivity index (χ1v) is 8.24. The lowest BCUT2D eigenvalue weighted by molar-refractivity contribution is -0.115. The van der Waals surface area contributed by atoms with Crippen molar-refractivity contribution in [1.82, 2.24) is 5.32 Å². The van der Waals surface area contributed by atoms with Gasteiger partial charge in [0, 0.05) is 0 Å². The summed E-state index contributed by atoms with van der Waals surface area (Å²) in [6, 6.07) is 16.5. The summed E-state index contributed by atoms with van der Waals surface area (Å²) < 4.78 is 0. The van der Waals surface area contributed by atoms with E-state index in [2.05, 4.69) is 10.3 Å². The first-order chi connectivity index (χ1) is 11.6. The van der Waals surface area contributed by atoms with Crippen molar-refractivity contribution in [2.45, 2.75) is 6.92 Å². The summed E-state index contributed by atoms with van der Waals surface area (Å²) >= 11 is 1.30. The third-order valence-electron chi connectivity index (χ3n) is 3.28. The summed E-state index contributed by atoms with van der Waals surface area (Å²) in [4.78, 5) is 17.0. The molecule has 1 heterocycles. The molecule has 1 fully saturated rings. The molecule has 1 aliphatic rings. The van der Waals surface area contributed by atoms with Crippen LogP contribution in [0, 0.1) is 0 Å². The van der Waals surface area contributed by atoms with Crippen LogP contribution in [0.5, 0.6) is 5.75 Å². The predicted molar refractivity (Wildman–Crippen MR) is 99.1 cm³/mol. The van der Waals surface area contributed by atoms with Gasteiger partial charge in [-0.1, -0.05) is 36.4 Å². The number of rotatable bonds is 3. The highest BCUT2D eigenvalue weighted by atomic mass is 32.2. The Morgan fingerprint density at radius 3 is 2.54 bits per heavy atom. The van der Waals surface area contributed by atoms with Gasteiger partial charge in [0.25, 0.3) is 5.91 Å². The zero-order chi connectivity index (χ0) is 16.9. The SMILES string of the molecule is CC(/C=C1\SC(=Nc2ccc(O)cc2)NC1=O)=C\c1ccccc1. The normalized spacial score (nSPS) is 18.2. The van der Waals surface area contributed by atoms with Crippen LogP contribution in [-0.4, -0.2) is 16.2 Å². The zero-order valence-corrected chi connectivity index (χ0v) is 13.9. The summed E-state index contributed by atoms with van der Waals surface area (Å²) in [7, 11) is 0. The maximum absolute atomic E-state index is 12.1. The molecule has 0 unspecified atom stereocenters. The van der Waals surface area contributed by atoms with Gasteiger partial charge in [-0.2, -0.15) is 0 Å². The second-order valence-electron chi connectivity index (χ2n) is 5.30. The average molecular weight is 336 g/mol. The molecule has 24 heavy (non-hydrogen) atoms. The Bertz CT molecular complexity index is 837. The number of carbonyl (C=O) groups excluding carboxylic acids is 1. The van der Waals surface area contributed by atoms with E-state index in [1.807, 2.05) is 49.4 Å². The Balaban J connectivity index is 1.77. The lowest BCUT2D eigenvalue weighted by atomic mass is 10.1. The highest BCUT2D eigenvalue weighted by Gasteiger charge is 2.23. The fourth-order valence-electron chi connectivity index (χ4n) is 2.19. The molecule has 0 aliphatic carbocycles. The van der Waals surface area contributed by atoms with Crippen LogP contribution in [0.25, 0.3) is 6.08 Å². The van der Waals surface area contributed by atoms with E-state index in [1.54, 1.807) is 24.3 Å². The van der Waals surface area contributed by atoms with Crippen LogP contribution in [0.3, 0.4) is 0 Å². The van der Waals surface area contributed by atoms with E-state index < -0.39 is 0 Å². The Morgan fingerprint density at radius 1 is 1.12 bits per heavy atom. The second kappa shape index (κ2) is 7.19. The van der Waals surface area contributed by atoms with Gasteiger partial charge < -0.3 is 10.4 Å². The maximum atomic E-state index is 12.1. The number of nitrogens with one attached hydrogen (secondary N) is 1. The molecule has 0 saturated carbocycles. The van der Waals surface area contributed by atoms with E-state index in [1.165, 1.54) is 11.8 Å². The number of aliphatic imine (C=N–C) groups is 1. The number of aromatic hydroxyl groups is 1. The molecule has 2 aromatic rings. The predicted octanol–water partition coefficient (Wildman–Crippen LogP) is 4.23. The van der Waals surface area contributed by atoms with Crippen LogP contribution in [0.15, 0.2) is 76.1 Å². The highest BCUT2D eigenvalue weighted by Crippen LogP contribution is 2.28. The number of hydrogen-bond acceptors (Lipinski definition) is 4. The van der Waals surface area contributed by atoms with Crippen LogP contribution in [0.1, 0.15) is 12.5 Å². The highest BCUT2D eigenvalue weighted by molar-refractivity contribution is 8.18. The topological polar surface area (TPSA) is 61.7 Å². The van der Waals surface area contributed by atoms with E-state index in [4.69, 9.17) is 0 Å². The molecule has 0 bridgehead atoms. The van der Waals surface area contributed by atoms with Crippen LogP contribution in [0.4, 0.5) is 5.69 Å².